The summed E-state index contributed by atoms with van der Waals surface area (Å²) in [4.78, 5) is 30.7. The van der Waals surface area contributed by atoms with Crippen LogP contribution in [-0.2, 0) is 4.79 Å². The first-order chi connectivity index (χ1) is 17.1. The maximum atomic E-state index is 13.5. The zero-order valence-corrected chi connectivity index (χ0v) is 21.4. The molecule has 2 aliphatic rings. The van der Waals surface area contributed by atoms with Crippen LogP contribution < -0.4 is 9.80 Å². The van der Waals surface area contributed by atoms with E-state index in [1.165, 1.54) is 16.8 Å². The number of piperidine rings is 1. The fourth-order valence-electron chi connectivity index (χ4n) is 4.96. The number of aryl methyl sites for hydroxylation is 2. The van der Waals surface area contributed by atoms with E-state index in [1.54, 1.807) is 24.2 Å². The molecule has 2 aromatic carbocycles. The Balaban J connectivity index is 1.23. The van der Waals surface area contributed by atoms with Crippen LogP contribution in [0.2, 0.25) is 0 Å². The van der Waals surface area contributed by atoms with Gasteiger partial charge in [-0.3, -0.25) is 4.79 Å². The van der Waals surface area contributed by atoms with Gasteiger partial charge >= 0.3 is 0 Å². The van der Waals surface area contributed by atoms with Gasteiger partial charge in [0.2, 0.25) is 5.91 Å². The maximum absolute atomic E-state index is 13.5. The smallest absolute Gasteiger partial charge is 0.227 e. The minimum absolute atomic E-state index is 0.00787. The molecule has 2 aliphatic heterocycles. The second-order valence-electron chi connectivity index (χ2n) is 9.54. The molecule has 2 fully saturated rings. The molecule has 1 amide bonds. The molecule has 3 heterocycles. The number of piperazine rings is 1. The van der Waals surface area contributed by atoms with Gasteiger partial charge in [0.1, 0.15) is 5.03 Å². The monoisotopic (exact) mass is 487 g/mol. The lowest BCUT2D eigenvalue weighted by Gasteiger charge is -2.40. The number of hydrogen-bond donors (Lipinski definition) is 0. The number of amides is 1. The minimum atomic E-state index is 0.00787. The van der Waals surface area contributed by atoms with Crippen molar-refractivity contribution in [3.8, 4) is 0 Å². The molecule has 0 aliphatic carbocycles. The van der Waals surface area contributed by atoms with Crippen LogP contribution in [0.25, 0.3) is 0 Å². The van der Waals surface area contributed by atoms with Gasteiger partial charge in [0.05, 0.1) is 5.92 Å². The zero-order valence-electron chi connectivity index (χ0n) is 20.6. The molecule has 0 unspecified atom stereocenters. The standard InChI is InChI=1S/C28H33N5OS/c1-21-8-10-25(11-9-21)35-27-26(29-12-13-30-27)33-14-4-6-23(20-33)28(34)32-17-15-31(16-18-32)24-7-3-5-22(2)19-24/h3,5,7-13,19,23H,4,6,14-18,20H2,1-2H3/t23-/m1/s1. The van der Waals surface area contributed by atoms with Crippen LogP contribution in [0.1, 0.15) is 24.0 Å². The first kappa shape index (κ1) is 23.7. The summed E-state index contributed by atoms with van der Waals surface area (Å²) in [6.07, 6.45) is 5.43. The average Bonchev–Trinajstić information content (AvgIpc) is 2.90. The Morgan fingerprint density at radius 1 is 0.886 bits per heavy atom. The normalized spacial score (nSPS) is 18.6. The summed E-state index contributed by atoms with van der Waals surface area (Å²) < 4.78 is 0. The van der Waals surface area contributed by atoms with Crippen molar-refractivity contribution in [1.82, 2.24) is 14.9 Å². The summed E-state index contributed by atoms with van der Waals surface area (Å²) in [5, 5.41) is 0.899. The van der Waals surface area contributed by atoms with E-state index >= 15 is 0 Å². The molecular formula is C28H33N5OS. The summed E-state index contributed by atoms with van der Waals surface area (Å²) in [6.45, 7) is 9.16. The number of benzene rings is 2. The molecule has 6 nitrogen and oxygen atoms in total. The number of hydrogen-bond acceptors (Lipinski definition) is 6. The van der Waals surface area contributed by atoms with E-state index < -0.39 is 0 Å². The van der Waals surface area contributed by atoms with Gasteiger partial charge in [-0.2, -0.15) is 0 Å². The van der Waals surface area contributed by atoms with Crippen molar-refractivity contribution in [2.24, 2.45) is 5.92 Å². The average molecular weight is 488 g/mol. The van der Waals surface area contributed by atoms with Gasteiger partial charge in [0, 0.05) is 62.2 Å². The van der Waals surface area contributed by atoms with Crippen molar-refractivity contribution in [3.63, 3.8) is 0 Å². The van der Waals surface area contributed by atoms with E-state index in [0.29, 0.717) is 6.54 Å². The second kappa shape index (κ2) is 10.7. The lowest BCUT2D eigenvalue weighted by molar-refractivity contribution is -0.136. The summed E-state index contributed by atoms with van der Waals surface area (Å²) in [5.74, 6) is 1.18. The quantitative estimate of drug-likeness (QED) is 0.515. The summed E-state index contributed by atoms with van der Waals surface area (Å²) in [7, 11) is 0. The molecule has 7 heteroatoms. The van der Waals surface area contributed by atoms with Crippen LogP contribution in [0.3, 0.4) is 0 Å². The van der Waals surface area contributed by atoms with E-state index in [1.807, 2.05) is 0 Å². The number of anilines is 2. The van der Waals surface area contributed by atoms with Gasteiger partial charge in [-0.25, -0.2) is 9.97 Å². The largest absolute Gasteiger partial charge is 0.368 e. The van der Waals surface area contributed by atoms with Gasteiger partial charge in [-0.05, 0) is 56.5 Å². The van der Waals surface area contributed by atoms with Crippen molar-refractivity contribution in [2.75, 3.05) is 49.1 Å². The summed E-state index contributed by atoms with van der Waals surface area (Å²) in [5.41, 5.74) is 3.76. The third-order valence-electron chi connectivity index (χ3n) is 6.91. The molecule has 0 spiro atoms. The molecule has 2 saturated heterocycles. The summed E-state index contributed by atoms with van der Waals surface area (Å²) in [6, 6.07) is 17.1. The third-order valence-corrected chi connectivity index (χ3v) is 7.90. The van der Waals surface area contributed by atoms with Crippen LogP contribution in [0.4, 0.5) is 11.5 Å². The van der Waals surface area contributed by atoms with Gasteiger partial charge in [0.15, 0.2) is 5.82 Å². The van der Waals surface area contributed by atoms with E-state index in [2.05, 4.69) is 87.0 Å². The minimum Gasteiger partial charge on any atom is -0.368 e. The first-order valence-electron chi connectivity index (χ1n) is 12.5. The first-order valence-corrected chi connectivity index (χ1v) is 13.3. The Morgan fingerprint density at radius 2 is 1.66 bits per heavy atom. The Labute approximate surface area is 212 Å². The molecule has 0 N–H and O–H groups in total. The molecule has 5 rings (SSSR count). The lowest BCUT2D eigenvalue weighted by Crippen LogP contribution is -2.52. The van der Waals surface area contributed by atoms with Crippen LogP contribution in [0, 0.1) is 19.8 Å². The maximum Gasteiger partial charge on any atom is 0.227 e. The van der Waals surface area contributed by atoms with Crippen molar-refractivity contribution in [1.29, 1.82) is 0 Å². The Hall–Kier alpha value is -3.06. The van der Waals surface area contributed by atoms with Gasteiger partial charge in [-0.15, -0.1) is 0 Å². The molecule has 1 atom stereocenters. The number of aromatic nitrogens is 2. The molecule has 1 aromatic heterocycles. The van der Waals surface area contributed by atoms with Gasteiger partial charge in [-0.1, -0.05) is 41.6 Å². The van der Waals surface area contributed by atoms with Crippen LogP contribution in [0.15, 0.2) is 70.8 Å². The molecule has 0 bridgehead atoms. The second-order valence-corrected chi connectivity index (χ2v) is 10.6. The fraction of sp³-hybridized carbons (Fsp3) is 0.393. The van der Waals surface area contributed by atoms with Gasteiger partial charge < -0.3 is 14.7 Å². The number of carbonyl (C=O) groups excluding carboxylic acids is 1. The fourth-order valence-corrected chi connectivity index (χ4v) is 5.85. The van der Waals surface area contributed by atoms with E-state index in [-0.39, 0.29) is 11.8 Å². The van der Waals surface area contributed by atoms with Crippen molar-refractivity contribution in [3.05, 3.63) is 72.1 Å². The molecule has 3 aromatic rings. The van der Waals surface area contributed by atoms with Crippen molar-refractivity contribution < 1.29 is 4.79 Å². The van der Waals surface area contributed by atoms with E-state index in [9.17, 15) is 4.79 Å². The Kier molecular flexibility index (Phi) is 7.23. The highest BCUT2D eigenvalue weighted by Crippen LogP contribution is 2.34. The van der Waals surface area contributed by atoms with Crippen LogP contribution in [-0.4, -0.2) is 60.0 Å². The van der Waals surface area contributed by atoms with Crippen LogP contribution >= 0.6 is 11.8 Å². The molecule has 35 heavy (non-hydrogen) atoms. The van der Waals surface area contributed by atoms with Crippen molar-refractivity contribution in [2.45, 2.75) is 36.6 Å². The molecule has 182 valence electrons. The highest BCUT2D eigenvalue weighted by Gasteiger charge is 2.32. The number of nitrogens with zero attached hydrogens (tertiary/aromatic N) is 5. The van der Waals surface area contributed by atoms with Gasteiger partial charge in [0.25, 0.3) is 0 Å². The van der Waals surface area contributed by atoms with E-state index in [0.717, 1.165) is 61.3 Å². The molecule has 0 radical (unpaired) electrons. The Bertz CT molecular complexity index is 1160. The predicted molar refractivity (Wildman–Crippen MR) is 142 cm³/mol. The SMILES string of the molecule is Cc1ccc(Sc2nccnc2N2CCC[C@@H](C(=O)N3CCN(c4cccc(C)c4)CC3)C2)cc1. The number of carbonyl (C=O) groups is 1. The summed E-state index contributed by atoms with van der Waals surface area (Å²) >= 11 is 1.64. The topological polar surface area (TPSA) is 52.6 Å². The number of rotatable bonds is 5. The highest BCUT2D eigenvalue weighted by atomic mass is 32.2. The van der Waals surface area contributed by atoms with E-state index in [4.69, 9.17) is 0 Å². The predicted octanol–water partition coefficient (Wildman–Crippen LogP) is 4.81. The zero-order chi connectivity index (χ0) is 24.2. The lowest BCUT2D eigenvalue weighted by atomic mass is 9.96. The molecular weight excluding hydrogens is 454 g/mol. The third kappa shape index (κ3) is 5.61. The Morgan fingerprint density at radius 3 is 2.43 bits per heavy atom. The van der Waals surface area contributed by atoms with Crippen molar-refractivity contribution >= 4 is 29.2 Å². The molecule has 0 saturated carbocycles. The van der Waals surface area contributed by atoms with Crippen LogP contribution in [0.5, 0.6) is 0 Å². The highest BCUT2D eigenvalue weighted by molar-refractivity contribution is 7.99.